The maximum Gasteiger partial charge on any atom is 0.408 e. The van der Waals surface area contributed by atoms with E-state index in [0.717, 1.165) is 5.06 Å². The normalized spacial score (nSPS) is 13.0. The van der Waals surface area contributed by atoms with Gasteiger partial charge in [0.05, 0.1) is 7.11 Å². The molecule has 8 heteroatoms. The highest BCUT2D eigenvalue weighted by molar-refractivity contribution is 5.86. The van der Waals surface area contributed by atoms with Crippen molar-refractivity contribution in [2.45, 2.75) is 71.6 Å². The fraction of sp³-hybridized carbons (Fsp3) is 0.812. The minimum atomic E-state index is -0.921. The van der Waals surface area contributed by atoms with E-state index in [1.807, 2.05) is 20.8 Å². The standard InChI is InChI=1S/C16H31N3O5/c1-15(2,3)18-12(20)10-9-11(13(21)19(7)23-8)17-14(22)24-16(4,5)6/h11H,9-10H2,1-8H3,(H,17,22)(H,18,20)/t11-/m0/s1. The van der Waals surface area contributed by atoms with E-state index in [2.05, 4.69) is 10.6 Å². The van der Waals surface area contributed by atoms with E-state index >= 15 is 0 Å². The lowest BCUT2D eigenvalue weighted by Gasteiger charge is -2.26. The second kappa shape index (κ2) is 8.86. The monoisotopic (exact) mass is 345 g/mol. The molecule has 0 aromatic heterocycles. The van der Waals surface area contributed by atoms with Crippen LogP contribution >= 0.6 is 0 Å². The summed E-state index contributed by atoms with van der Waals surface area (Å²) in [5.74, 6) is -0.668. The third-order valence-corrected chi connectivity index (χ3v) is 2.75. The molecule has 8 nitrogen and oxygen atoms in total. The minimum absolute atomic E-state index is 0.0844. The lowest BCUT2D eigenvalue weighted by molar-refractivity contribution is -0.171. The first-order valence-corrected chi connectivity index (χ1v) is 7.87. The van der Waals surface area contributed by atoms with Crippen LogP contribution in [0.1, 0.15) is 54.4 Å². The topological polar surface area (TPSA) is 97.0 Å². The van der Waals surface area contributed by atoms with Crippen molar-refractivity contribution in [3.8, 4) is 0 Å². The first kappa shape index (κ1) is 22.2. The lowest BCUT2D eigenvalue weighted by atomic mass is 10.1. The van der Waals surface area contributed by atoms with E-state index in [1.54, 1.807) is 20.8 Å². The third kappa shape index (κ3) is 10.0. The molecule has 3 amide bonds. The highest BCUT2D eigenvalue weighted by atomic mass is 16.7. The molecule has 0 aromatic carbocycles. The molecule has 0 bridgehead atoms. The summed E-state index contributed by atoms with van der Waals surface area (Å²) in [6, 6.07) is -0.921. The average Bonchev–Trinajstić information content (AvgIpc) is 2.37. The molecule has 0 aliphatic carbocycles. The number of alkyl carbamates (subject to hydrolysis) is 1. The molecule has 0 spiro atoms. The van der Waals surface area contributed by atoms with Crippen LogP contribution in [0.2, 0.25) is 0 Å². The van der Waals surface area contributed by atoms with Crippen LogP contribution in [-0.4, -0.2) is 54.3 Å². The van der Waals surface area contributed by atoms with Gasteiger partial charge in [0.1, 0.15) is 11.6 Å². The molecular formula is C16H31N3O5. The van der Waals surface area contributed by atoms with Crippen LogP contribution in [0, 0.1) is 0 Å². The van der Waals surface area contributed by atoms with Crippen LogP contribution in [0.5, 0.6) is 0 Å². The van der Waals surface area contributed by atoms with Crippen molar-refractivity contribution in [3.05, 3.63) is 0 Å². The summed E-state index contributed by atoms with van der Waals surface area (Å²) in [5.41, 5.74) is -1.05. The molecule has 0 rings (SSSR count). The second-order valence-corrected chi connectivity index (χ2v) is 7.55. The van der Waals surface area contributed by atoms with E-state index in [-0.39, 0.29) is 24.3 Å². The van der Waals surface area contributed by atoms with Crippen LogP contribution in [0.4, 0.5) is 4.79 Å². The molecule has 0 aliphatic rings. The first-order valence-electron chi connectivity index (χ1n) is 7.87. The fourth-order valence-electron chi connectivity index (χ4n) is 1.77. The van der Waals surface area contributed by atoms with Crippen molar-refractivity contribution < 1.29 is 24.0 Å². The van der Waals surface area contributed by atoms with Gasteiger partial charge >= 0.3 is 6.09 Å². The van der Waals surface area contributed by atoms with Crippen molar-refractivity contribution in [2.24, 2.45) is 0 Å². The number of hydroxylamine groups is 2. The maximum atomic E-state index is 12.3. The highest BCUT2D eigenvalue weighted by Crippen LogP contribution is 2.09. The predicted molar refractivity (Wildman–Crippen MR) is 90.1 cm³/mol. The van der Waals surface area contributed by atoms with Crippen molar-refractivity contribution in [1.29, 1.82) is 0 Å². The number of ether oxygens (including phenoxy) is 1. The minimum Gasteiger partial charge on any atom is -0.444 e. The van der Waals surface area contributed by atoms with Crippen molar-refractivity contribution in [2.75, 3.05) is 14.2 Å². The van der Waals surface area contributed by atoms with Gasteiger partial charge in [0.2, 0.25) is 5.91 Å². The quantitative estimate of drug-likeness (QED) is 0.713. The molecule has 140 valence electrons. The van der Waals surface area contributed by atoms with Gasteiger partial charge in [-0.15, -0.1) is 0 Å². The Kier molecular flexibility index (Phi) is 8.19. The molecule has 1 atom stereocenters. The highest BCUT2D eigenvalue weighted by Gasteiger charge is 2.28. The van der Waals surface area contributed by atoms with Crippen LogP contribution in [0.25, 0.3) is 0 Å². The van der Waals surface area contributed by atoms with Gasteiger partial charge < -0.3 is 15.4 Å². The number of rotatable bonds is 6. The Labute approximate surface area is 144 Å². The molecule has 0 fully saturated rings. The molecule has 24 heavy (non-hydrogen) atoms. The van der Waals surface area contributed by atoms with Crippen LogP contribution in [0.3, 0.4) is 0 Å². The van der Waals surface area contributed by atoms with Crippen LogP contribution in [-0.2, 0) is 19.2 Å². The van der Waals surface area contributed by atoms with E-state index in [4.69, 9.17) is 9.57 Å². The third-order valence-electron chi connectivity index (χ3n) is 2.75. The van der Waals surface area contributed by atoms with E-state index < -0.39 is 23.6 Å². The largest absolute Gasteiger partial charge is 0.444 e. The Balaban J connectivity index is 4.86. The first-order chi connectivity index (χ1) is 10.7. The SMILES string of the molecule is CON(C)C(=O)[C@H](CCC(=O)NC(C)(C)C)NC(=O)OC(C)(C)C. The fourth-order valence-corrected chi connectivity index (χ4v) is 1.77. The zero-order valence-corrected chi connectivity index (χ0v) is 16.0. The zero-order chi connectivity index (χ0) is 19.1. The summed E-state index contributed by atoms with van der Waals surface area (Å²) in [5, 5.41) is 6.31. The van der Waals surface area contributed by atoms with Gasteiger partial charge in [0.25, 0.3) is 5.91 Å². The van der Waals surface area contributed by atoms with E-state index in [9.17, 15) is 14.4 Å². The molecular weight excluding hydrogens is 314 g/mol. The Morgan fingerprint density at radius 1 is 1.08 bits per heavy atom. The number of hydrogen-bond donors (Lipinski definition) is 2. The van der Waals surface area contributed by atoms with E-state index in [0.29, 0.717) is 0 Å². The Morgan fingerprint density at radius 2 is 1.62 bits per heavy atom. The van der Waals surface area contributed by atoms with Crippen LogP contribution in [0.15, 0.2) is 0 Å². The number of hydrogen-bond acceptors (Lipinski definition) is 5. The number of amides is 3. The molecule has 0 unspecified atom stereocenters. The average molecular weight is 345 g/mol. The number of carbonyl (C=O) groups excluding carboxylic acids is 3. The lowest BCUT2D eigenvalue weighted by Crippen LogP contribution is -2.49. The van der Waals surface area contributed by atoms with Crippen molar-refractivity contribution in [3.63, 3.8) is 0 Å². The summed E-state index contributed by atoms with van der Waals surface area (Å²) in [6.45, 7) is 10.8. The van der Waals surface area contributed by atoms with E-state index in [1.165, 1.54) is 14.2 Å². The summed E-state index contributed by atoms with van der Waals surface area (Å²) < 4.78 is 5.16. The molecule has 0 aliphatic heterocycles. The molecule has 0 saturated carbocycles. The number of nitrogens with one attached hydrogen (secondary N) is 2. The molecule has 0 heterocycles. The van der Waals surface area contributed by atoms with Gasteiger partial charge in [-0.05, 0) is 48.0 Å². The van der Waals surface area contributed by atoms with Gasteiger partial charge in [0.15, 0.2) is 0 Å². The summed E-state index contributed by atoms with van der Waals surface area (Å²) in [7, 11) is 2.77. The van der Waals surface area contributed by atoms with Gasteiger partial charge in [-0.3, -0.25) is 14.4 Å². The van der Waals surface area contributed by atoms with Crippen LogP contribution < -0.4 is 10.6 Å². The smallest absolute Gasteiger partial charge is 0.408 e. The van der Waals surface area contributed by atoms with Crippen molar-refractivity contribution in [1.82, 2.24) is 15.7 Å². The number of nitrogens with zero attached hydrogens (tertiary/aromatic N) is 1. The Bertz CT molecular complexity index is 452. The van der Waals surface area contributed by atoms with Gasteiger partial charge in [-0.2, -0.15) is 0 Å². The molecule has 0 radical (unpaired) electrons. The maximum absolute atomic E-state index is 12.3. The molecule has 0 saturated heterocycles. The molecule has 0 aromatic rings. The molecule has 2 N–H and O–H groups in total. The number of likely N-dealkylation sites (N-methyl/N-ethyl adjacent to an activating group) is 1. The van der Waals surface area contributed by atoms with Crippen molar-refractivity contribution >= 4 is 17.9 Å². The van der Waals surface area contributed by atoms with Gasteiger partial charge in [-0.1, -0.05) is 0 Å². The Hall–Kier alpha value is -1.83. The zero-order valence-electron chi connectivity index (χ0n) is 16.0. The van der Waals surface area contributed by atoms with Gasteiger partial charge in [-0.25, -0.2) is 9.86 Å². The predicted octanol–water partition coefficient (Wildman–Crippen LogP) is 1.59. The summed E-state index contributed by atoms with van der Waals surface area (Å²) in [4.78, 5) is 41.0. The Morgan fingerprint density at radius 3 is 2.04 bits per heavy atom. The number of carbonyl (C=O) groups is 3. The summed E-state index contributed by atoms with van der Waals surface area (Å²) in [6.07, 6.45) is -0.504. The van der Waals surface area contributed by atoms with Gasteiger partial charge in [0, 0.05) is 19.0 Å². The summed E-state index contributed by atoms with van der Waals surface area (Å²) >= 11 is 0. The second-order valence-electron chi connectivity index (χ2n) is 7.55.